The number of ether oxygens (including phenoxy) is 1. The first-order valence-corrected chi connectivity index (χ1v) is 5.56. The molecule has 1 heterocycles. The minimum Gasteiger partial charge on any atom is -0.439 e. The van der Waals surface area contributed by atoms with Crippen LogP contribution >= 0.6 is 0 Å². The summed E-state index contributed by atoms with van der Waals surface area (Å²) in [4.78, 5) is 8.24. The van der Waals surface area contributed by atoms with Crippen molar-refractivity contribution < 1.29 is 4.74 Å². The molecule has 0 saturated heterocycles. The smallest absolute Gasteiger partial charge is 0.225 e. The number of anilines is 1. The topological polar surface area (TPSA) is 70.8 Å². The van der Waals surface area contributed by atoms with E-state index in [1.807, 2.05) is 6.92 Å². The molecule has 0 atom stereocenters. The number of aromatic nitrogens is 2. The van der Waals surface area contributed by atoms with Gasteiger partial charge in [0, 0.05) is 18.8 Å². The third-order valence-corrected chi connectivity index (χ3v) is 2.15. The zero-order chi connectivity index (χ0) is 12.8. The molecule has 0 amide bonds. The molecule has 5 nitrogen and oxygen atoms in total. The molecule has 0 aliphatic heterocycles. The Labute approximate surface area is 105 Å². The van der Waals surface area contributed by atoms with Gasteiger partial charge in [0.25, 0.3) is 0 Å². The van der Waals surface area contributed by atoms with Crippen molar-refractivity contribution in [1.82, 2.24) is 9.97 Å². The van der Waals surface area contributed by atoms with Gasteiger partial charge in [-0.3, -0.25) is 0 Å². The van der Waals surface area contributed by atoms with Crippen LogP contribution in [0.4, 0.5) is 5.95 Å². The molecule has 1 N–H and O–H groups in total. The summed E-state index contributed by atoms with van der Waals surface area (Å²) in [5.41, 5.74) is 0.550. The molecule has 0 spiro atoms. The van der Waals surface area contributed by atoms with Crippen LogP contribution in [0.2, 0.25) is 0 Å². The fraction of sp³-hybridized carbons (Fsp3) is 0.154. The minimum absolute atomic E-state index is 0.441. The molecule has 0 aliphatic rings. The monoisotopic (exact) mass is 240 g/mol. The van der Waals surface area contributed by atoms with E-state index < -0.39 is 0 Å². The Kier molecular flexibility index (Phi) is 3.72. The van der Waals surface area contributed by atoms with Crippen molar-refractivity contribution in [3.05, 3.63) is 42.1 Å². The zero-order valence-corrected chi connectivity index (χ0v) is 9.92. The molecule has 1 aromatic heterocycles. The van der Waals surface area contributed by atoms with Gasteiger partial charge in [0.2, 0.25) is 11.8 Å². The molecular formula is C13H12N4O. The predicted octanol–water partition coefficient (Wildman–Crippen LogP) is 2.57. The lowest BCUT2D eigenvalue weighted by molar-refractivity contribution is 0.462. The molecule has 2 rings (SSSR count). The van der Waals surface area contributed by atoms with Crippen LogP contribution in [0.1, 0.15) is 12.5 Å². The highest BCUT2D eigenvalue weighted by atomic mass is 16.5. The van der Waals surface area contributed by atoms with Crippen LogP contribution < -0.4 is 10.1 Å². The second-order valence-corrected chi connectivity index (χ2v) is 3.49. The maximum atomic E-state index is 8.80. The van der Waals surface area contributed by atoms with Crippen LogP contribution in [-0.2, 0) is 0 Å². The summed E-state index contributed by atoms with van der Waals surface area (Å²) < 4.78 is 5.57. The summed E-state index contributed by atoms with van der Waals surface area (Å²) in [6, 6.07) is 10.6. The van der Waals surface area contributed by atoms with E-state index in [1.54, 1.807) is 36.5 Å². The Balaban J connectivity index is 2.18. The van der Waals surface area contributed by atoms with E-state index >= 15 is 0 Å². The molecule has 90 valence electrons. The van der Waals surface area contributed by atoms with Crippen LogP contribution in [0.25, 0.3) is 0 Å². The number of benzene rings is 1. The summed E-state index contributed by atoms with van der Waals surface area (Å²) >= 11 is 0. The van der Waals surface area contributed by atoms with E-state index in [2.05, 4.69) is 21.4 Å². The van der Waals surface area contributed by atoms with Crippen molar-refractivity contribution in [2.24, 2.45) is 0 Å². The van der Waals surface area contributed by atoms with Crippen LogP contribution in [0.3, 0.4) is 0 Å². The molecule has 0 radical (unpaired) electrons. The number of nitrogens with one attached hydrogen (secondary N) is 1. The molecule has 0 fully saturated rings. The quantitative estimate of drug-likeness (QED) is 0.889. The first-order chi connectivity index (χ1) is 8.81. The SMILES string of the molecule is CCNc1nccc(Oc2cccc(C#N)c2)n1. The third-order valence-electron chi connectivity index (χ3n) is 2.15. The third kappa shape index (κ3) is 2.95. The van der Waals surface area contributed by atoms with E-state index in [0.29, 0.717) is 23.1 Å². The van der Waals surface area contributed by atoms with Gasteiger partial charge in [-0.25, -0.2) is 4.98 Å². The van der Waals surface area contributed by atoms with Gasteiger partial charge >= 0.3 is 0 Å². The van der Waals surface area contributed by atoms with E-state index in [0.717, 1.165) is 6.54 Å². The summed E-state index contributed by atoms with van der Waals surface area (Å²) in [5.74, 6) is 1.54. The van der Waals surface area contributed by atoms with Crippen LogP contribution in [0, 0.1) is 11.3 Å². The lowest BCUT2D eigenvalue weighted by Gasteiger charge is -2.06. The Morgan fingerprint density at radius 1 is 1.39 bits per heavy atom. The lowest BCUT2D eigenvalue weighted by Crippen LogP contribution is -2.02. The summed E-state index contributed by atoms with van der Waals surface area (Å²) in [7, 11) is 0. The van der Waals surface area contributed by atoms with Crippen molar-refractivity contribution >= 4 is 5.95 Å². The van der Waals surface area contributed by atoms with Gasteiger partial charge in [0.15, 0.2) is 0 Å². The maximum Gasteiger partial charge on any atom is 0.225 e. The minimum atomic E-state index is 0.441. The molecule has 18 heavy (non-hydrogen) atoms. The largest absolute Gasteiger partial charge is 0.439 e. The zero-order valence-electron chi connectivity index (χ0n) is 9.92. The lowest BCUT2D eigenvalue weighted by atomic mass is 10.2. The molecule has 5 heteroatoms. The molecule has 0 unspecified atom stereocenters. The average molecular weight is 240 g/mol. The number of hydrogen-bond acceptors (Lipinski definition) is 5. The first-order valence-electron chi connectivity index (χ1n) is 5.56. The molecule has 1 aromatic carbocycles. The normalized spacial score (nSPS) is 9.56. The van der Waals surface area contributed by atoms with E-state index in [4.69, 9.17) is 10.00 Å². The second kappa shape index (κ2) is 5.64. The van der Waals surface area contributed by atoms with Gasteiger partial charge in [0.05, 0.1) is 11.6 Å². The van der Waals surface area contributed by atoms with Crippen LogP contribution in [0.15, 0.2) is 36.5 Å². The second-order valence-electron chi connectivity index (χ2n) is 3.49. The standard InChI is InChI=1S/C13H12N4O/c1-2-15-13-16-7-6-12(17-13)18-11-5-3-4-10(8-11)9-14/h3-8H,2H2,1H3,(H,15,16,17). The summed E-state index contributed by atoms with van der Waals surface area (Å²) in [5, 5.41) is 11.8. The number of nitriles is 1. The van der Waals surface area contributed by atoms with Gasteiger partial charge < -0.3 is 10.1 Å². The van der Waals surface area contributed by atoms with Crippen molar-refractivity contribution in [2.45, 2.75) is 6.92 Å². The van der Waals surface area contributed by atoms with E-state index in [-0.39, 0.29) is 0 Å². The Morgan fingerprint density at radius 3 is 3.06 bits per heavy atom. The Bertz CT molecular complexity index is 577. The number of nitrogens with zero attached hydrogens (tertiary/aromatic N) is 3. The molecule has 2 aromatic rings. The van der Waals surface area contributed by atoms with Crippen molar-refractivity contribution in [3.63, 3.8) is 0 Å². The van der Waals surface area contributed by atoms with Crippen LogP contribution in [0.5, 0.6) is 11.6 Å². The van der Waals surface area contributed by atoms with Gasteiger partial charge in [-0.15, -0.1) is 0 Å². The first kappa shape index (κ1) is 11.9. The maximum absolute atomic E-state index is 8.80. The number of rotatable bonds is 4. The molecule has 0 aliphatic carbocycles. The molecule has 0 saturated carbocycles. The van der Waals surface area contributed by atoms with Crippen molar-refractivity contribution in [1.29, 1.82) is 5.26 Å². The van der Waals surface area contributed by atoms with Gasteiger partial charge in [-0.1, -0.05) is 6.07 Å². The van der Waals surface area contributed by atoms with Crippen molar-refractivity contribution in [3.8, 4) is 17.7 Å². The summed E-state index contributed by atoms with van der Waals surface area (Å²) in [6.45, 7) is 2.71. The molecule has 0 bridgehead atoms. The highest BCUT2D eigenvalue weighted by Crippen LogP contribution is 2.20. The van der Waals surface area contributed by atoms with E-state index in [1.165, 1.54) is 0 Å². The average Bonchev–Trinajstić information content (AvgIpc) is 2.40. The fourth-order valence-electron chi connectivity index (χ4n) is 1.39. The van der Waals surface area contributed by atoms with Gasteiger partial charge in [-0.05, 0) is 25.1 Å². The van der Waals surface area contributed by atoms with Gasteiger partial charge in [-0.2, -0.15) is 10.2 Å². The highest BCUT2D eigenvalue weighted by molar-refractivity contribution is 5.38. The Hall–Kier alpha value is -2.61. The summed E-state index contributed by atoms with van der Waals surface area (Å²) in [6.07, 6.45) is 1.62. The highest BCUT2D eigenvalue weighted by Gasteiger charge is 2.01. The van der Waals surface area contributed by atoms with E-state index in [9.17, 15) is 0 Å². The van der Waals surface area contributed by atoms with Gasteiger partial charge in [0.1, 0.15) is 5.75 Å². The van der Waals surface area contributed by atoms with Crippen molar-refractivity contribution in [2.75, 3.05) is 11.9 Å². The molecular weight excluding hydrogens is 228 g/mol. The number of hydrogen-bond donors (Lipinski definition) is 1. The Morgan fingerprint density at radius 2 is 2.28 bits per heavy atom. The van der Waals surface area contributed by atoms with Crippen LogP contribution in [-0.4, -0.2) is 16.5 Å². The predicted molar refractivity (Wildman–Crippen MR) is 67.4 cm³/mol. The fourth-order valence-corrected chi connectivity index (χ4v) is 1.39.